The first kappa shape index (κ1) is 18.7. The molecule has 6 fully saturated rings. The fourth-order valence-electron chi connectivity index (χ4n) is 7.36. The van der Waals surface area contributed by atoms with Gasteiger partial charge in [-0.3, -0.25) is 4.79 Å². The lowest BCUT2D eigenvalue weighted by Gasteiger charge is -2.53. The summed E-state index contributed by atoms with van der Waals surface area (Å²) in [6.07, 6.45) is 9.39. The highest BCUT2D eigenvalue weighted by Crippen LogP contribution is 2.55. The van der Waals surface area contributed by atoms with Crippen LogP contribution in [0.4, 0.5) is 0 Å². The molecule has 5 nitrogen and oxygen atoms in total. The van der Waals surface area contributed by atoms with E-state index in [1.165, 1.54) is 32.1 Å². The fraction of sp³-hybridized carbons (Fsp3) is 0.826. The van der Waals surface area contributed by atoms with Crippen LogP contribution in [0.1, 0.15) is 58.3 Å². The van der Waals surface area contributed by atoms with Gasteiger partial charge in [-0.2, -0.15) is 0 Å². The molecule has 28 heavy (non-hydrogen) atoms. The highest BCUT2D eigenvalue weighted by atomic mass is 16.7. The number of fused-ring (bicyclic) bond motifs is 2. The van der Waals surface area contributed by atoms with Crippen molar-refractivity contribution in [2.24, 2.45) is 41.4 Å². The minimum absolute atomic E-state index is 0.0793. The van der Waals surface area contributed by atoms with Crippen molar-refractivity contribution in [1.82, 2.24) is 0 Å². The van der Waals surface area contributed by atoms with E-state index >= 15 is 0 Å². The van der Waals surface area contributed by atoms with Gasteiger partial charge in [0.2, 0.25) is 0 Å². The van der Waals surface area contributed by atoms with Crippen LogP contribution >= 0.6 is 0 Å². The van der Waals surface area contributed by atoms with Crippen LogP contribution in [-0.2, 0) is 23.8 Å². The van der Waals surface area contributed by atoms with Gasteiger partial charge in [0, 0.05) is 11.5 Å². The van der Waals surface area contributed by atoms with Gasteiger partial charge < -0.3 is 14.2 Å². The van der Waals surface area contributed by atoms with E-state index in [1.807, 2.05) is 0 Å². The minimum Gasteiger partial charge on any atom is -0.459 e. The number of rotatable bonds is 6. The first-order valence-corrected chi connectivity index (χ1v) is 11.1. The third-order valence-corrected chi connectivity index (χ3v) is 8.26. The average Bonchev–Trinajstić information content (AvgIpc) is 3.23. The zero-order chi connectivity index (χ0) is 19.4. The fourth-order valence-corrected chi connectivity index (χ4v) is 7.36. The van der Waals surface area contributed by atoms with E-state index in [0.717, 1.165) is 31.1 Å². The standard InChI is InChI=1S/C23H32O5/c1-12(2)22(24)28-20-10-15-8-18(20)19(9-15)23(25)27-11-26-21-16-4-13-3-14(6-16)7-17(21)5-13/h13-21H,1,3-11H2,2H3. The molecular weight excluding hydrogens is 356 g/mol. The van der Waals surface area contributed by atoms with Crippen LogP contribution in [0.5, 0.6) is 0 Å². The van der Waals surface area contributed by atoms with Gasteiger partial charge in [0.1, 0.15) is 6.10 Å². The Morgan fingerprint density at radius 2 is 1.54 bits per heavy atom. The van der Waals surface area contributed by atoms with Gasteiger partial charge in [-0.1, -0.05) is 6.58 Å². The van der Waals surface area contributed by atoms with Crippen LogP contribution in [-0.4, -0.2) is 30.9 Å². The molecule has 5 heteroatoms. The van der Waals surface area contributed by atoms with E-state index < -0.39 is 0 Å². The molecule has 0 radical (unpaired) electrons. The summed E-state index contributed by atoms with van der Waals surface area (Å²) in [5.41, 5.74) is 0.408. The predicted molar refractivity (Wildman–Crippen MR) is 102 cm³/mol. The Balaban J connectivity index is 1.12. The molecule has 0 amide bonds. The van der Waals surface area contributed by atoms with E-state index in [9.17, 15) is 9.59 Å². The van der Waals surface area contributed by atoms with Crippen molar-refractivity contribution < 1.29 is 23.8 Å². The second-order valence-corrected chi connectivity index (χ2v) is 10.2. The molecule has 4 unspecified atom stereocenters. The summed E-state index contributed by atoms with van der Waals surface area (Å²) in [5.74, 6) is 3.02. The quantitative estimate of drug-likeness (QED) is 0.393. The highest BCUT2D eigenvalue weighted by Gasteiger charge is 2.52. The number of carbonyl (C=O) groups is 2. The van der Waals surface area contributed by atoms with Crippen molar-refractivity contribution in [3.05, 3.63) is 12.2 Å². The molecule has 6 rings (SSSR count). The molecule has 0 heterocycles. The zero-order valence-corrected chi connectivity index (χ0v) is 16.8. The van der Waals surface area contributed by atoms with E-state index in [1.54, 1.807) is 6.92 Å². The Labute approximate surface area is 167 Å². The molecule has 6 aliphatic carbocycles. The third kappa shape index (κ3) is 3.30. The van der Waals surface area contributed by atoms with Crippen LogP contribution in [0.15, 0.2) is 12.2 Å². The van der Waals surface area contributed by atoms with Crippen molar-refractivity contribution in [1.29, 1.82) is 0 Å². The number of ether oxygens (including phenoxy) is 3. The van der Waals surface area contributed by atoms with Crippen molar-refractivity contribution in [2.75, 3.05) is 6.79 Å². The van der Waals surface area contributed by atoms with E-state index in [-0.39, 0.29) is 42.8 Å². The van der Waals surface area contributed by atoms with Crippen LogP contribution in [0.25, 0.3) is 0 Å². The summed E-state index contributed by atoms with van der Waals surface area (Å²) in [6, 6.07) is 0. The molecule has 154 valence electrons. The number of hydrogen-bond donors (Lipinski definition) is 0. The molecule has 0 aliphatic heterocycles. The van der Waals surface area contributed by atoms with E-state index in [0.29, 0.717) is 23.3 Å². The molecule has 6 aliphatic rings. The third-order valence-electron chi connectivity index (χ3n) is 8.26. The Hall–Kier alpha value is -1.36. The molecule has 0 aromatic heterocycles. The molecular formula is C23H32O5. The predicted octanol–water partition coefficient (Wildman–Crippen LogP) is 3.86. The zero-order valence-electron chi connectivity index (χ0n) is 16.8. The van der Waals surface area contributed by atoms with Gasteiger partial charge in [-0.15, -0.1) is 0 Å². The first-order valence-electron chi connectivity index (χ1n) is 11.1. The Kier molecular flexibility index (Phi) is 4.77. The van der Waals surface area contributed by atoms with Gasteiger partial charge in [-0.25, -0.2) is 4.79 Å². The lowest BCUT2D eigenvalue weighted by Crippen LogP contribution is -2.49. The van der Waals surface area contributed by atoms with Crippen LogP contribution < -0.4 is 0 Å². The van der Waals surface area contributed by atoms with Gasteiger partial charge in [-0.05, 0) is 87.9 Å². The molecule has 0 spiro atoms. The van der Waals surface area contributed by atoms with Crippen molar-refractivity contribution in [2.45, 2.75) is 70.5 Å². The maximum Gasteiger partial charge on any atom is 0.333 e. The summed E-state index contributed by atoms with van der Waals surface area (Å²) in [7, 11) is 0. The highest BCUT2D eigenvalue weighted by molar-refractivity contribution is 5.87. The molecule has 6 bridgehead atoms. The van der Waals surface area contributed by atoms with Crippen molar-refractivity contribution in [3.8, 4) is 0 Å². The normalized spacial score (nSPS) is 45.2. The maximum atomic E-state index is 12.7. The summed E-state index contributed by atoms with van der Waals surface area (Å²) >= 11 is 0. The van der Waals surface area contributed by atoms with E-state index in [4.69, 9.17) is 14.2 Å². The topological polar surface area (TPSA) is 61.8 Å². The number of carbonyl (C=O) groups excluding carboxylic acids is 2. The van der Waals surface area contributed by atoms with Crippen molar-refractivity contribution in [3.63, 3.8) is 0 Å². The monoisotopic (exact) mass is 388 g/mol. The van der Waals surface area contributed by atoms with Crippen molar-refractivity contribution >= 4 is 11.9 Å². The summed E-state index contributed by atoms with van der Waals surface area (Å²) in [4.78, 5) is 24.5. The molecule has 4 atom stereocenters. The van der Waals surface area contributed by atoms with E-state index in [2.05, 4.69) is 6.58 Å². The summed E-state index contributed by atoms with van der Waals surface area (Å²) < 4.78 is 17.3. The molecule has 0 N–H and O–H groups in total. The smallest absolute Gasteiger partial charge is 0.333 e. The maximum absolute atomic E-state index is 12.7. The lowest BCUT2D eigenvalue weighted by molar-refractivity contribution is -0.192. The Bertz CT molecular complexity index is 642. The second kappa shape index (κ2) is 7.16. The van der Waals surface area contributed by atoms with Gasteiger partial charge in [0.05, 0.1) is 12.0 Å². The molecule has 0 saturated heterocycles. The number of hydrogen-bond acceptors (Lipinski definition) is 5. The Morgan fingerprint density at radius 3 is 2.14 bits per heavy atom. The summed E-state index contributed by atoms with van der Waals surface area (Å²) in [6.45, 7) is 5.38. The van der Waals surface area contributed by atoms with Gasteiger partial charge in [0.15, 0.2) is 6.79 Å². The first-order chi connectivity index (χ1) is 13.5. The molecule has 0 aromatic rings. The SMILES string of the molecule is C=C(C)C(=O)OC1CC2CC(C(=O)OCOC3C4CC5CC(C4)CC3C5)C1C2. The van der Waals surface area contributed by atoms with Gasteiger partial charge in [0.25, 0.3) is 0 Å². The minimum atomic E-state index is -0.352. The lowest BCUT2D eigenvalue weighted by atomic mass is 9.55. The molecule has 6 saturated carbocycles. The Morgan fingerprint density at radius 1 is 0.893 bits per heavy atom. The van der Waals surface area contributed by atoms with Crippen LogP contribution in [0, 0.1) is 41.4 Å². The van der Waals surface area contributed by atoms with Crippen LogP contribution in [0.2, 0.25) is 0 Å². The van der Waals surface area contributed by atoms with Crippen LogP contribution in [0.3, 0.4) is 0 Å². The van der Waals surface area contributed by atoms with Gasteiger partial charge >= 0.3 is 11.9 Å². The average molecular weight is 389 g/mol. The second-order valence-electron chi connectivity index (χ2n) is 10.2. The largest absolute Gasteiger partial charge is 0.459 e. The number of esters is 2. The molecule has 0 aromatic carbocycles. The summed E-state index contributed by atoms with van der Waals surface area (Å²) in [5, 5.41) is 0.